The molecule has 2 aromatic rings. The van der Waals surface area contributed by atoms with E-state index in [2.05, 4.69) is 17.2 Å². The van der Waals surface area contributed by atoms with Crippen LogP contribution < -0.4 is 11.1 Å². The predicted octanol–water partition coefficient (Wildman–Crippen LogP) is 2.53. The van der Waals surface area contributed by atoms with E-state index >= 15 is 0 Å². The number of nitrogens with two attached hydrogens (primary N) is 1. The van der Waals surface area contributed by atoms with Gasteiger partial charge in [0.15, 0.2) is 0 Å². The minimum atomic E-state index is -0.113. The van der Waals surface area contributed by atoms with E-state index in [1.165, 1.54) is 4.88 Å². The lowest BCUT2D eigenvalue weighted by molar-refractivity contribution is 0.0950. The number of benzene rings is 1. The van der Waals surface area contributed by atoms with Gasteiger partial charge < -0.3 is 11.1 Å². The van der Waals surface area contributed by atoms with Crippen molar-refractivity contribution in [1.29, 1.82) is 0 Å². The van der Waals surface area contributed by atoms with Crippen LogP contribution in [-0.2, 0) is 13.0 Å². The fraction of sp³-hybridized carbons (Fsp3) is 0.286. The molecule has 1 heterocycles. The first-order valence-electron chi connectivity index (χ1n) is 6.18. The topological polar surface area (TPSA) is 68.0 Å². The van der Waals surface area contributed by atoms with Crippen LogP contribution in [0.4, 0.5) is 5.69 Å². The highest BCUT2D eigenvalue weighted by Crippen LogP contribution is 2.16. The Hall–Kier alpha value is -1.88. The van der Waals surface area contributed by atoms with Gasteiger partial charge in [-0.25, -0.2) is 4.98 Å². The average molecular weight is 275 g/mol. The molecule has 0 bridgehead atoms. The van der Waals surface area contributed by atoms with Gasteiger partial charge in [-0.15, -0.1) is 11.3 Å². The maximum absolute atomic E-state index is 12.1. The summed E-state index contributed by atoms with van der Waals surface area (Å²) in [4.78, 5) is 17.6. The number of carbonyl (C=O) groups excluding carboxylic acids is 1. The van der Waals surface area contributed by atoms with E-state index in [-0.39, 0.29) is 5.91 Å². The van der Waals surface area contributed by atoms with Crippen molar-refractivity contribution in [3.8, 4) is 0 Å². The van der Waals surface area contributed by atoms with Gasteiger partial charge in [0, 0.05) is 22.3 Å². The number of hydrogen-bond acceptors (Lipinski definition) is 4. The van der Waals surface area contributed by atoms with E-state index in [0.717, 1.165) is 17.0 Å². The zero-order valence-corrected chi connectivity index (χ0v) is 11.9. The van der Waals surface area contributed by atoms with Crippen molar-refractivity contribution in [2.75, 3.05) is 5.73 Å². The van der Waals surface area contributed by atoms with E-state index < -0.39 is 0 Å². The molecule has 1 aromatic carbocycles. The van der Waals surface area contributed by atoms with Crippen LogP contribution in [0.3, 0.4) is 0 Å². The van der Waals surface area contributed by atoms with Crippen molar-refractivity contribution in [3.63, 3.8) is 0 Å². The third kappa shape index (κ3) is 3.12. The number of aromatic nitrogens is 1. The lowest BCUT2D eigenvalue weighted by Gasteiger charge is -2.08. The molecule has 1 aromatic heterocycles. The van der Waals surface area contributed by atoms with Crippen molar-refractivity contribution in [2.45, 2.75) is 26.8 Å². The Balaban J connectivity index is 2.03. The van der Waals surface area contributed by atoms with Gasteiger partial charge in [0.25, 0.3) is 5.91 Å². The second-order valence-corrected chi connectivity index (χ2v) is 5.48. The summed E-state index contributed by atoms with van der Waals surface area (Å²) < 4.78 is 0. The van der Waals surface area contributed by atoms with Gasteiger partial charge in [-0.1, -0.05) is 13.0 Å². The maximum atomic E-state index is 12.1. The monoisotopic (exact) mass is 275 g/mol. The number of amides is 1. The molecule has 19 heavy (non-hydrogen) atoms. The van der Waals surface area contributed by atoms with Crippen molar-refractivity contribution in [2.24, 2.45) is 0 Å². The Labute approximate surface area is 116 Å². The number of nitrogens with zero attached hydrogens (tertiary/aromatic N) is 1. The summed E-state index contributed by atoms with van der Waals surface area (Å²) in [7, 11) is 0. The van der Waals surface area contributed by atoms with Crippen LogP contribution in [0.15, 0.2) is 24.4 Å². The van der Waals surface area contributed by atoms with Gasteiger partial charge in [-0.3, -0.25) is 4.79 Å². The second-order valence-electron chi connectivity index (χ2n) is 4.28. The molecule has 0 aliphatic heterocycles. The molecular weight excluding hydrogens is 258 g/mol. The Morgan fingerprint density at radius 3 is 2.95 bits per heavy atom. The summed E-state index contributed by atoms with van der Waals surface area (Å²) in [5.74, 6) is -0.113. The van der Waals surface area contributed by atoms with Gasteiger partial charge in [-0.05, 0) is 31.0 Å². The molecule has 0 saturated carbocycles. The largest absolute Gasteiger partial charge is 0.398 e. The smallest absolute Gasteiger partial charge is 0.251 e. The summed E-state index contributed by atoms with van der Waals surface area (Å²) in [5, 5.41) is 3.80. The zero-order valence-electron chi connectivity index (χ0n) is 11.1. The quantitative estimate of drug-likeness (QED) is 0.842. The highest BCUT2D eigenvalue weighted by atomic mass is 32.1. The first kappa shape index (κ1) is 13.5. The van der Waals surface area contributed by atoms with Gasteiger partial charge in [0.05, 0.1) is 6.54 Å². The third-order valence-electron chi connectivity index (χ3n) is 2.97. The number of nitrogens with one attached hydrogen (secondary N) is 1. The van der Waals surface area contributed by atoms with Crippen LogP contribution in [0, 0.1) is 6.92 Å². The summed E-state index contributed by atoms with van der Waals surface area (Å²) in [5.41, 5.74) is 7.86. The molecule has 0 unspecified atom stereocenters. The molecule has 0 spiro atoms. The Kier molecular flexibility index (Phi) is 4.16. The standard InChI is InChI=1S/C14H17N3OS/c1-3-10-7-16-13(19-10)8-17-14(18)11-5-4-6-12(15)9(11)2/h4-7H,3,8,15H2,1-2H3,(H,17,18). The number of rotatable bonds is 4. The molecule has 5 heteroatoms. The number of hydrogen-bond donors (Lipinski definition) is 2. The molecule has 0 radical (unpaired) electrons. The molecule has 1 amide bonds. The SMILES string of the molecule is CCc1cnc(CNC(=O)c2cccc(N)c2C)s1. The normalized spacial score (nSPS) is 10.4. The Morgan fingerprint density at radius 1 is 1.47 bits per heavy atom. The number of thiazole rings is 1. The summed E-state index contributed by atoms with van der Waals surface area (Å²) in [6, 6.07) is 5.36. The highest BCUT2D eigenvalue weighted by Gasteiger charge is 2.10. The minimum absolute atomic E-state index is 0.113. The molecular formula is C14H17N3OS. The lowest BCUT2D eigenvalue weighted by atomic mass is 10.1. The van der Waals surface area contributed by atoms with E-state index in [1.807, 2.05) is 13.1 Å². The molecule has 2 rings (SSSR count). The van der Waals surface area contributed by atoms with E-state index in [4.69, 9.17) is 5.73 Å². The average Bonchev–Trinajstić information content (AvgIpc) is 2.87. The first-order chi connectivity index (χ1) is 9.11. The van der Waals surface area contributed by atoms with Crippen molar-refractivity contribution in [1.82, 2.24) is 10.3 Å². The number of anilines is 1. The zero-order chi connectivity index (χ0) is 13.8. The van der Waals surface area contributed by atoms with Crippen LogP contribution in [0.5, 0.6) is 0 Å². The predicted molar refractivity (Wildman–Crippen MR) is 78.3 cm³/mol. The van der Waals surface area contributed by atoms with Gasteiger partial charge >= 0.3 is 0 Å². The molecule has 4 nitrogen and oxygen atoms in total. The molecule has 0 saturated heterocycles. The van der Waals surface area contributed by atoms with Crippen molar-refractivity contribution < 1.29 is 4.79 Å². The van der Waals surface area contributed by atoms with Gasteiger partial charge in [0.1, 0.15) is 5.01 Å². The third-order valence-corrected chi connectivity index (χ3v) is 4.11. The van der Waals surface area contributed by atoms with Crippen LogP contribution in [-0.4, -0.2) is 10.9 Å². The van der Waals surface area contributed by atoms with Crippen LogP contribution in [0.25, 0.3) is 0 Å². The Bertz CT molecular complexity index is 592. The van der Waals surface area contributed by atoms with Crippen molar-refractivity contribution in [3.05, 3.63) is 45.4 Å². The molecule has 100 valence electrons. The Morgan fingerprint density at radius 2 is 2.26 bits per heavy atom. The maximum Gasteiger partial charge on any atom is 0.251 e. The minimum Gasteiger partial charge on any atom is -0.398 e. The van der Waals surface area contributed by atoms with Crippen molar-refractivity contribution >= 4 is 22.9 Å². The molecule has 0 aliphatic rings. The molecule has 0 aliphatic carbocycles. The van der Waals surface area contributed by atoms with Gasteiger partial charge in [-0.2, -0.15) is 0 Å². The molecule has 0 atom stereocenters. The second kappa shape index (κ2) is 5.84. The van der Waals surface area contributed by atoms with Gasteiger partial charge in [0.2, 0.25) is 0 Å². The van der Waals surface area contributed by atoms with Crippen LogP contribution >= 0.6 is 11.3 Å². The number of carbonyl (C=O) groups is 1. The van der Waals surface area contributed by atoms with Crippen LogP contribution in [0.1, 0.15) is 32.7 Å². The van der Waals surface area contributed by atoms with E-state index in [9.17, 15) is 4.79 Å². The molecule has 3 N–H and O–H groups in total. The lowest BCUT2D eigenvalue weighted by Crippen LogP contribution is -2.23. The van der Waals surface area contributed by atoms with E-state index in [0.29, 0.717) is 17.8 Å². The van der Waals surface area contributed by atoms with E-state index in [1.54, 1.807) is 29.5 Å². The summed E-state index contributed by atoms with van der Waals surface area (Å²) in [6.07, 6.45) is 2.83. The first-order valence-corrected chi connectivity index (χ1v) is 7.00. The fourth-order valence-electron chi connectivity index (χ4n) is 1.74. The van der Waals surface area contributed by atoms with Crippen LogP contribution in [0.2, 0.25) is 0 Å². The number of aryl methyl sites for hydroxylation is 1. The summed E-state index contributed by atoms with van der Waals surface area (Å²) in [6.45, 7) is 4.40. The fourth-order valence-corrected chi connectivity index (χ4v) is 2.55. The summed E-state index contributed by atoms with van der Waals surface area (Å²) >= 11 is 1.63. The number of nitrogen functional groups attached to an aromatic ring is 1. The molecule has 0 fully saturated rings. The highest BCUT2D eigenvalue weighted by molar-refractivity contribution is 7.11.